The molecule has 31 heavy (non-hydrogen) atoms. The molecule has 0 saturated heterocycles. The maximum Gasteiger partial charge on any atom is 0.259 e. The Bertz CT molecular complexity index is 1280. The summed E-state index contributed by atoms with van der Waals surface area (Å²) in [4.78, 5) is 21.3. The molecule has 10 heteroatoms. The van der Waals surface area contributed by atoms with Gasteiger partial charge in [0.25, 0.3) is 5.91 Å². The molecule has 1 amide bonds. The number of aromatic nitrogens is 2. The van der Waals surface area contributed by atoms with Crippen LogP contribution in [0, 0.1) is 5.82 Å². The molecule has 2 aromatic carbocycles. The number of nitrogens with one attached hydrogen (secondary N) is 1. The monoisotopic (exact) mass is 454 g/mol. The van der Waals surface area contributed by atoms with Crippen molar-refractivity contribution in [3.63, 3.8) is 0 Å². The number of carbonyl (C=O) groups is 1. The number of carbonyl (C=O) groups excluding carboxylic acids is 1. The van der Waals surface area contributed by atoms with Gasteiger partial charge in [-0.1, -0.05) is 12.1 Å². The summed E-state index contributed by atoms with van der Waals surface area (Å²) in [7, 11) is -3.14. The molecule has 2 heterocycles. The lowest BCUT2D eigenvalue weighted by atomic mass is 10.1. The number of amides is 1. The lowest BCUT2D eigenvalue weighted by Crippen LogP contribution is -2.20. The molecule has 4 aromatic rings. The molecule has 0 aliphatic carbocycles. The van der Waals surface area contributed by atoms with Crippen molar-refractivity contribution in [3.8, 4) is 11.3 Å². The molecule has 0 saturated carbocycles. The Morgan fingerprint density at radius 3 is 2.42 bits per heavy atom. The Morgan fingerprint density at radius 2 is 1.71 bits per heavy atom. The van der Waals surface area contributed by atoms with Gasteiger partial charge in [-0.15, -0.1) is 11.3 Å². The predicted molar refractivity (Wildman–Crippen MR) is 119 cm³/mol. The third-order valence-corrected chi connectivity index (χ3v) is 5.84. The highest BCUT2D eigenvalue weighted by Crippen LogP contribution is 2.30. The zero-order valence-electron chi connectivity index (χ0n) is 15.8. The number of nitrogens with zero attached hydrogens (tertiary/aromatic N) is 3. The van der Waals surface area contributed by atoms with Gasteiger partial charge < -0.3 is 0 Å². The van der Waals surface area contributed by atoms with Crippen LogP contribution < -0.4 is 9.62 Å². The van der Waals surface area contributed by atoms with E-state index in [1.807, 2.05) is 0 Å². The van der Waals surface area contributed by atoms with Gasteiger partial charge in [0.2, 0.25) is 10.9 Å². The lowest BCUT2D eigenvalue weighted by Gasteiger charge is -2.20. The number of halogens is 1. The van der Waals surface area contributed by atoms with E-state index in [-0.39, 0.29) is 16.9 Å². The van der Waals surface area contributed by atoms with Gasteiger partial charge >= 0.3 is 0 Å². The van der Waals surface area contributed by atoms with E-state index < -0.39 is 22.6 Å². The first-order chi connectivity index (χ1) is 15.0. The van der Waals surface area contributed by atoms with Crippen LogP contribution in [0.2, 0.25) is 0 Å². The van der Waals surface area contributed by atoms with Crippen LogP contribution in [0.5, 0.6) is 0 Å². The largest absolute Gasteiger partial charge is 0.298 e. The summed E-state index contributed by atoms with van der Waals surface area (Å²) in [5, 5.41) is 4.88. The second-order valence-electron chi connectivity index (χ2n) is 6.27. The minimum absolute atomic E-state index is 0.131. The Balaban J connectivity index is 1.64. The highest BCUT2D eigenvalue weighted by atomic mass is 32.2. The Labute approximate surface area is 182 Å². The number of para-hydroxylation sites is 1. The lowest BCUT2D eigenvalue weighted by molar-refractivity contribution is 0.102. The third kappa shape index (κ3) is 4.60. The average Bonchev–Trinajstić information content (AvgIpc) is 3.24. The highest BCUT2D eigenvalue weighted by molar-refractivity contribution is 7.74. The Hall–Kier alpha value is -3.63. The minimum atomic E-state index is -3.14. The van der Waals surface area contributed by atoms with E-state index in [1.54, 1.807) is 42.0 Å². The molecule has 0 unspecified atom stereocenters. The third-order valence-electron chi connectivity index (χ3n) is 4.31. The summed E-state index contributed by atoms with van der Waals surface area (Å²) >= 11 is 1.25. The quantitative estimate of drug-likeness (QED) is 0.425. The maximum absolute atomic E-state index is 13.3. The minimum Gasteiger partial charge on any atom is -0.298 e. The number of thiazole rings is 1. The summed E-state index contributed by atoms with van der Waals surface area (Å²) in [5.41, 5.74) is 2.04. The van der Waals surface area contributed by atoms with Crippen LogP contribution in [0.25, 0.3) is 11.3 Å². The molecule has 0 radical (unpaired) electrons. The van der Waals surface area contributed by atoms with Gasteiger partial charge in [-0.25, -0.2) is 22.1 Å². The van der Waals surface area contributed by atoms with Crippen LogP contribution in [-0.4, -0.2) is 24.3 Å². The normalized spacial score (nSPS) is 10.8. The summed E-state index contributed by atoms with van der Waals surface area (Å²) in [5.74, 6) is -1.01. The summed E-state index contributed by atoms with van der Waals surface area (Å²) < 4.78 is 38.3. The van der Waals surface area contributed by atoms with Crippen LogP contribution in [0.4, 0.5) is 20.9 Å². The van der Waals surface area contributed by atoms with E-state index in [0.29, 0.717) is 10.8 Å². The van der Waals surface area contributed by atoms with Gasteiger partial charge in [-0.2, -0.15) is 0 Å². The summed E-state index contributed by atoms with van der Waals surface area (Å²) in [6.45, 7) is 0. The molecule has 0 bridgehead atoms. The van der Waals surface area contributed by atoms with Crippen molar-refractivity contribution >= 4 is 44.6 Å². The molecule has 7 nitrogen and oxygen atoms in total. The number of hydrogen-bond acceptors (Lipinski definition) is 6. The molecule has 0 atom stereocenters. The van der Waals surface area contributed by atoms with E-state index in [1.165, 1.54) is 35.6 Å². The van der Waals surface area contributed by atoms with Crippen LogP contribution >= 0.6 is 11.3 Å². The van der Waals surface area contributed by atoms with Crippen molar-refractivity contribution in [1.82, 2.24) is 9.97 Å². The van der Waals surface area contributed by atoms with Gasteiger partial charge in [-0.3, -0.25) is 15.1 Å². The van der Waals surface area contributed by atoms with E-state index in [2.05, 4.69) is 15.3 Å². The molecule has 0 aliphatic rings. The van der Waals surface area contributed by atoms with Crippen molar-refractivity contribution in [2.45, 2.75) is 0 Å². The van der Waals surface area contributed by atoms with Crippen LogP contribution in [0.1, 0.15) is 10.4 Å². The standard InChI is InChI=1S/C21H15FN4O3S2/c22-15-5-7-16(8-6-15)26(31(28)29)19-4-2-1-3-17(19)20(27)25-21-24-18(13-30-21)14-9-11-23-12-10-14/h1-13,31H,(H,24,25,27). The summed E-state index contributed by atoms with van der Waals surface area (Å²) in [6, 6.07) is 14.8. The predicted octanol–water partition coefficient (Wildman–Crippen LogP) is 4.26. The molecular formula is C21H15FN4O3S2. The molecular weight excluding hydrogens is 439 g/mol. The van der Waals surface area contributed by atoms with E-state index in [4.69, 9.17) is 0 Å². The fraction of sp³-hybridized carbons (Fsp3) is 0. The first-order valence-electron chi connectivity index (χ1n) is 8.99. The Morgan fingerprint density at radius 1 is 1.00 bits per heavy atom. The highest BCUT2D eigenvalue weighted by Gasteiger charge is 2.20. The van der Waals surface area contributed by atoms with Crippen LogP contribution in [0.15, 0.2) is 78.4 Å². The van der Waals surface area contributed by atoms with Gasteiger partial charge in [-0.05, 0) is 48.5 Å². The average molecular weight is 455 g/mol. The fourth-order valence-electron chi connectivity index (χ4n) is 2.90. The SMILES string of the molecule is O=C(Nc1nc(-c2ccncc2)cs1)c1ccccc1N(c1ccc(F)cc1)[SH](=O)=O. The van der Waals surface area contributed by atoms with Crippen molar-refractivity contribution in [2.24, 2.45) is 0 Å². The fourth-order valence-corrected chi connectivity index (χ4v) is 4.29. The first-order valence-corrected chi connectivity index (χ1v) is 11.0. The van der Waals surface area contributed by atoms with Crippen molar-refractivity contribution < 1.29 is 17.6 Å². The van der Waals surface area contributed by atoms with E-state index in [9.17, 15) is 17.6 Å². The van der Waals surface area contributed by atoms with Gasteiger partial charge in [0.15, 0.2) is 5.13 Å². The maximum atomic E-state index is 13.3. The second-order valence-corrected chi connectivity index (χ2v) is 8.00. The molecule has 0 aliphatic heterocycles. The summed E-state index contributed by atoms with van der Waals surface area (Å²) in [6.07, 6.45) is 3.30. The molecule has 0 spiro atoms. The molecule has 1 N–H and O–H groups in total. The number of rotatable bonds is 6. The number of anilines is 3. The smallest absolute Gasteiger partial charge is 0.259 e. The number of benzene rings is 2. The molecule has 4 rings (SSSR count). The van der Waals surface area contributed by atoms with Crippen molar-refractivity contribution in [3.05, 3.63) is 89.8 Å². The zero-order chi connectivity index (χ0) is 21.8. The number of hydrogen-bond donors (Lipinski definition) is 2. The van der Waals surface area contributed by atoms with Crippen LogP contribution in [-0.2, 0) is 10.9 Å². The number of thiol groups is 1. The topological polar surface area (TPSA) is 92.3 Å². The Kier molecular flexibility index (Phi) is 6.01. The van der Waals surface area contributed by atoms with E-state index >= 15 is 0 Å². The van der Waals surface area contributed by atoms with E-state index in [0.717, 1.165) is 22.0 Å². The van der Waals surface area contributed by atoms with Gasteiger partial charge in [0, 0.05) is 23.3 Å². The molecule has 2 aromatic heterocycles. The first kappa shape index (κ1) is 20.6. The second kappa shape index (κ2) is 9.02. The van der Waals surface area contributed by atoms with Gasteiger partial charge in [0.05, 0.1) is 22.6 Å². The van der Waals surface area contributed by atoms with Crippen LogP contribution in [0.3, 0.4) is 0 Å². The van der Waals surface area contributed by atoms with Crippen molar-refractivity contribution in [1.29, 1.82) is 0 Å². The zero-order valence-corrected chi connectivity index (χ0v) is 17.5. The number of pyridine rings is 1. The van der Waals surface area contributed by atoms with Gasteiger partial charge in [0.1, 0.15) is 5.82 Å². The molecule has 156 valence electrons. The molecule has 0 fully saturated rings. The van der Waals surface area contributed by atoms with Crippen molar-refractivity contribution in [2.75, 3.05) is 9.62 Å².